The molecule has 2 heterocycles. The zero-order valence-corrected chi connectivity index (χ0v) is 13.0. The van der Waals surface area contributed by atoms with Crippen molar-refractivity contribution in [2.75, 3.05) is 0 Å². The van der Waals surface area contributed by atoms with Crippen LogP contribution in [-0.4, -0.2) is 21.1 Å². The highest BCUT2D eigenvalue weighted by molar-refractivity contribution is 7.09. The minimum Gasteiger partial charge on any atom is -0.344 e. The average Bonchev–Trinajstić information content (AvgIpc) is 3.22. The molecular weight excluding hydrogens is 296 g/mol. The summed E-state index contributed by atoms with van der Waals surface area (Å²) in [5.74, 6) is -0.188. The summed E-state index contributed by atoms with van der Waals surface area (Å²) in [4.78, 5) is 16.6. The van der Waals surface area contributed by atoms with E-state index in [0.29, 0.717) is 12.2 Å². The van der Waals surface area contributed by atoms with Crippen LogP contribution >= 0.6 is 11.3 Å². The number of nitrogens with zero attached hydrogens (tertiary/aromatic N) is 2. The van der Waals surface area contributed by atoms with E-state index in [4.69, 9.17) is 0 Å². The first kappa shape index (κ1) is 14.5. The van der Waals surface area contributed by atoms with E-state index in [0.717, 1.165) is 28.4 Å². The standard InChI is InChI=1S/C16H16N4OS/c1-2-12-8-13(20-19-12)16(21)17-9-15-18-14(10-22-15)11-6-4-3-5-7-11/h3-8,10H,2,9H2,1H3,(H,17,21)(H,19,20). The molecule has 0 aliphatic rings. The van der Waals surface area contributed by atoms with Crippen LogP contribution in [0.15, 0.2) is 41.8 Å². The van der Waals surface area contributed by atoms with Crippen LogP contribution in [0.2, 0.25) is 0 Å². The van der Waals surface area contributed by atoms with Crippen LogP contribution in [0.25, 0.3) is 11.3 Å². The fourth-order valence-electron chi connectivity index (χ4n) is 2.04. The summed E-state index contributed by atoms with van der Waals surface area (Å²) in [6.07, 6.45) is 0.827. The first-order valence-corrected chi connectivity index (χ1v) is 7.96. The van der Waals surface area contributed by atoms with Gasteiger partial charge in [-0.05, 0) is 12.5 Å². The number of H-pyrrole nitrogens is 1. The SMILES string of the molecule is CCc1cc(C(=O)NCc2nc(-c3ccccc3)cs2)n[nH]1. The number of rotatable bonds is 5. The third-order valence-corrected chi connectivity index (χ3v) is 4.11. The number of nitrogens with one attached hydrogen (secondary N) is 2. The van der Waals surface area contributed by atoms with Crippen LogP contribution < -0.4 is 5.32 Å². The Hall–Kier alpha value is -2.47. The van der Waals surface area contributed by atoms with Crippen molar-refractivity contribution in [2.24, 2.45) is 0 Å². The monoisotopic (exact) mass is 312 g/mol. The number of benzene rings is 1. The lowest BCUT2D eigenvalue weighted by Crippen LogP contribution is -2.23. The van der Waals surface area contributed by atoms with Crippen LogP contribution in [0, 0.1) is 0 Å². The maximum atomic E-state index is 12.0. The van der Waals surface area contributed by atoms with Crippen LogP contribution in [0.3, 0.4) is 0 Å². The molecule has 0 aliphatic carbocycles. The van der Waals surface area contributed by atoms with Gasteiger partial charge in [0.1, 0.15) is 10.7 Å². The highest BCUT2D eigenvalue weighted by atomic mass is 32.1. The number of aromatic nitrogens is 3. The van der Waals surface area contributed by atoms with Crippen molar-refractivity contribution in [3.63, 3.8) is 0 Å². The molecule has 3 aromatic rings. The maximum absolute atomic E-state index is 12.0. The summed E-state index contributed by atoms with van der Waals surface area (Å²) in [6, 6.07) is 11.8. The molecule has 1 aromatic carbocycles. The molecule has 5 nitrogen and oxygen atoms in total. The van der Waals surface area contributed by atoms with Gasteiger partial charge in [-0.1, -0.05) is 37.3 Å². The molecule has 0 aliphatic heterocycles. The average molecular weight is 312 g/mol. The highest BCUT2D eigenvalue weighted by Crippen LogP contribution is 2.21. The van der Waals surface area contributed by atoms with E-state index in [2.05, 4.69) is 20.5 Å². The zero-order valence-electron chi connectivity index (χ0n) is 12.2. The Morgan fingerprint density at radius 2 is 2.14 bits per heavy atom. The van der Waals surface area contributed by atoms with Gasteiger partial charge in [0, 0.05) is 16.6 Å². The lowest BCUT2D eigenvalue weighted by atomic mass is 10.2. The molecular formula is C16H16N4OS. The van der Waals surface area contributed by atoms with E-state index in [1.54, 1.807) is 6.07 Å². The largest absolute Gasteiger partial charge is 0.344 e. The van der Waals surface area contributed by atoms with Crippen molar-refractivity contribution < 1.29 is 4.79 Å². The number of carbonyl (C=O) groups is 1. The van der Waals surface area contributed by atoms with Gasteiger partial charge in [0.2, 0.25) is 0 Å². The quantitative estimate of drug-likeness (QED) is 0.761. The van der Waals surface area contributed by atoms with Crippen LogP contribution in [0.4, 0.5) is 0 Å². The second-order valence-corrected chi connectivity index (χ2v) is 5.75. The minimum absolute atomic E-state index is 0.188. The topological polar surface area (TPSA) is 70.7 Å². The molecule has 0 fully saturated rings. The second-order valence-electron chi connectivity index (χ2n) is 4.81. The molecule has 0 atom stereocenters. The number of hydrogen-bond donors (Lipinski definition) is 2. The van der Waals surface area contributed by atoms with Crippen molar-refractivity contribution in [3.8, 4) is 11.3 Å². The number of thiazole rings is 1. The molecule has 0 unspecified atom stereocenters. The second kappa shape index (κ2) is 6.53. The summed E-state index contributed by atoms with van der Waals surface area (Å²) in [7, 11) is 0. The number of aromatic amines is 1. The van der Waals surface area contributed by atoms with E-state index < -0.39 is 0 Å². The van der Waals surface area contributed by atoms with Gasteiger partial charge in [0.15, 0.2) is 0 Å². The zero-order chi connectivity index (χ0) is 15.4. The number of aryl methyl sites for hydroxylation is 1. The summed E-state index contributed by atoms with van der Waals surface area (Å²) in [6.45, 7) is 2.42. The van der Waals surface area contributed by atoms with Crippen LogP contribution in [-0.2, 0) is 13.0 Å². The Balaban J connectivity index is 1.62. The molecule has 0 radical (unpaired) electrons. The van der Waals surface area contributed by atoms with Crippen molar-refractivity contribution in [1.29, 1.82) is 0 Å². The first-order valence-electron chi connectivity index (χ1n) is 7.08. The lowest BCUT2D eigenvalue weighted by Gasteiger charge is -1.99. The van der Waals surface area contributed by atoms with Gasteiger partial charge in [0.25, 0.3) is 5.91 Å². The Labute approximate surface area is 132 Å². The predicted octanol–water partition coefficient (Wildman–Crippen LogP) is 3.03. The molecule has 1 amide bonds. The normalized spacial score (nSPS) is 10.6. The van der Waals surface area contributed by atoms with E-state index in [-0.39, 0.29) is 5.91 Å². The van der Waals surface area contributed by atoms with E-state index in [9.17, 15) is 4.79 Å². The molecule has 2 aromatic heterocycles. The number of amides is 1. The molecule has 0 saturated carbocycles. The smallest absolute Gasteiger partial charge is 0.272 e. The predicted molar refractivity (Wildman–Crippen MR) is 86.7 cm³/mol. The first-order chi connectivity index (χ1) is 10.8. The molecule has 3 rings (SSSR count). The third-order valence-electron chi connectivity index (χ3n) is 3.27. The summed E-state index contributed by atoms with van der Waals surface area (Å²) >= 11 is 1.54. The molecule has 112 valence electrons. The lowest BCUT2D eigenvalue weighted by molar-refractivity contribution is 0.0946. The molecule has 22 heavy (non-hydrogen) atoms. The molecule has 0 saturated heterocycles. The molecule has 2 N–H and O–H groups in total. The highest BCUT2D eigenvalue weighted by Gasteiger charge is 2.11. The van der Waals surface area contributed by atoms with Crippen LogP contribution in [0.5, 0.6) is 0 Å². The van der Waals surface area contributed by atoms with E-state index in [1.807, 2.05) is 42.6 Å². The van der Waals surface area contributed by atoms with Crippen LogP contribution in [0.1, 0.15) is 28.1 Å². The third kappa shape index (κ3) is 3.23. The fourth-order valence-corrected chi connectivity index (χ4v) is 2.78. The van der Waals surface area contributed by atoms with Gasteiger partial charge in [0.05, 0.1) is 12.2 Å². The minimum atomic E-state index is -0.188. The Kier molecular flexibility index (Phi) is 4.29. The van der Waals surface area contributed by atoms with Crippen molar-refractivity contribution in [3.05, 3.63) is 58.2 Å². The molecule has 0 bridgehead atoms. The summed E-state index contributed by atoms with van der Waals surface area (Å²) in [5.41, 5.74) is 3.38. The summed E-state index contributed by atoms with van der Waals surface area (Å²) in [5, 5.41) is 12.6. The van der Waals surface area contributed by atoms with Crippen molar-refractivity contribution >= 4 is 17.2 Å². The fraction of sp³-hybridized carbons (Fsp3) is 0.188. The van der Waals surface area contributed by atoms with Gasteiger partial charge in [-0.25, -0.2) is 4.98 Å². The number of hydrogen-bond acceptors (Lipinski definition) is 4. The van der Waals surface area contributed by atoms with E-state index >= 15 is 0 Å². The van der Waals surface area contributed by atoms with Crippen molar-refractivity contribution in [1.82, 2.24) is 20.5 Å². The van der Waals surface area contributed by atoms with Gasteiger partial charge >= 0.3 is 0 Å². The van der Waals surface area contributed by atoms with Gasteiger partial charge in [-0.2, -0.15) is 5.10 Å². The Morgan fingerprint density at radius 3 is 2.86 bits per heavy atom. The van der Waals surface area contributed by atoms with Gasteiger partial charge < -0.3 is 5.32 Å². The van der Waals surface area contributed by atoms with Crippen molar-refractivity contribution in [2.45, 2.75) is 19.9 Å². The number of carbonyl (C=O) groups excluding carboxylic acids is 1. The molecule has 0 spiro atoms. The Bertz CT molecular complexity index is 763. The summed E-state index contributed by atoms with van der Waals surface area (Å²) < 4.78 is 0. The van der Waals surface area contributed by atoms with Gasteiger partial charge in [-0.3, -0.25) is 9.89 Å². The molecule has 6 heteroatoms. The van der Waals surface area contributed by atoms with Gasteiger partial charge in [-0.15, -0.1) is 11.3 Å². The van der Waals surface area contributed by atoms with E-state index in [1.165, 1.54) is 11.3 Å². The Morgan fingerprint density at radius 1 is 1.32 bits per heavy atom. The maximum Gasteiger partial charge on any atom is 0.272 e.